The van der Waals surface area contributed by atoms with E-state index in [4.69, 9.17) is 5.11 Å². The van der Waals surface area contributed by atoms with Crippen molar-refractivity contribution in [3.63, 3.8) is 0 Å². The maximum absolute atomic E-state index is 11.3. The zero-order chi connectivity index (χ0) is 12.6. The number of aliphatic carboxylic acids is 1. The van der Waals surface area contributed by atoms with Crippen molar-refractivity contribution in [3.8, 4) is 0 Å². The summed E-state index contributed by atoms with van der Waals surface area (Å²) in [6.07, 6.45) is 0.959. The minimum atomic E-state index is -1.11. The van der Waals surface area contributed by atoms with Gasteiger partial charge in [0.15, 0.2) is 6.04 Å². The largest absolute Gasteiger partial charge is 0.480 e. The van der Waals surface area contributed by atoms with Gasteiger partial charge in [0.25, 0.3) is 0 Å². The number of methoxy groups -OCH3 is 1. The maximum atomic E-state index is 11.3. The van der Waals surface area contributed by atoms with E-state index in [1.54, 1.807) is 0 Å². The molecule has 0 heterocycles. The summed E-state index contributed by atoms with van der Waals surface area (Å²) in [5.74, 6) is -0.739. The fourth-order valence-corrected chi connectivity index (χ4v) is 0.962. The summed E-state index contributed by atoms with van der Waals surface area (Å²) in [4.78, 5) is 22.0. The van der Waals surface area contributed by atoms with Gasteiger partial charge in [-0.1, -0.05) is 20.3 Å². The predicted octanol–water partition coefficient (Wildman–Crippen LogP) is 0.431. The molecule has 0 radical (unpaired) electrons. The van der Waals surface area contributed by atoms with E-state index in [9.17, 15) is 9.59 Å². The Morgan fingerprint density at radius 1 is 1.44 bits per heavy atom. The summed E-state index contributed by atoms with van der Waals surface area (Å²) in [5, 5.41) is 13.7. The van der Waals surface area contributed by atoms with Crippen LogP contribution in [0.2, 0.25) is 0 Å². The number of amides is 2. The molecule has 0 rings (SSSR count). The standard InChI is InChI=1S/C10H20N2O4/c1-4-7(2)5-11-10(15)12-8(6-16-3)9(13)14/h7-8H,4-6H2,1-3H3,(H,13,14)(H2,11,12,15). The van der Waals surface area contributed by atoms with Crippen LogP contribution >= 0.6 is 0 Å². The molecule has 16 heavy (non-hydrogen) atoms. The van der Waals surface area contributed by atoms with Crippen molar-refractivity contribution in [3.05, 3.63) is 0 Å². The van der Waals surface area contributed by atoms with Crippen LogP contribution in [-0.2, 0) is 9.53 Å². The first-order valence-electron chi connectivity index (χ1n) is 5.27. The summed E-state index contributed by atoms with van der Waals surface area (Å²) in [5.41, 5.74) is 0. The highest BCUT2D eigenvalue weighted by molar-refractivity contribution is 5.82. The number of hydrogen-bond acceptors (Lipinski definition) is 3. The molecule has 0 bridgehead atoms. The van der Waals surface area contributed by atoms with E-state index < -0.39 is 18.0 Å². The average Bonchev–Trinajstić information content (AvgIpc) is 2.25. The molecule has 2 amide bonds. The molecule has 0 saturated carbocycles. The van der Waals surface area contributed by atoms with Crippen LogP contribution in [0.15, 0.2) is 0 Å². The molecule has 0 fully saturated rings. The van der Waals surface area contributed by atoms with Crippen molar-refractivity contribution >= 4 is 12.0 Å². The first-order valence-corrected chi connectivity index (χ1v) is 5.27. The van der Waals surface area contributed by atoms with Gasteiger partial charge in [0, 0.05) is 13.7 Å². The number of rotatable bonds is 7. The molecule has 0 aromatic heterocycles. The molecule has 2 unspecified atom stereocenters. The minimum absolute atomic E-state index is 0.0495. The number of carboxylic acids is 1. The van der Waals surface area contributed by atoms with Gasteiger partial charge in [-0.05, 0) is 5.92 Å². The zero-order valence-electron chi connectivity index (χ0n) is 9.95. The summed E-state index contributed by atoms with van der Waals surface area (Å²) in [6, 6.07) is -1.49. The van der Waals surface area contributed by atoms with Crippen LogP contribution in [0, 0.1) is 5.92 Å². The molecule has 0 saturated heterocycles. The molecule has 0 aliphatic carbocycles. The summed E-state index contributed by atoms with van der Waals surface area (Å²) < 4.78 is 4.69. The Labute approximate surface area is 95.4 Å². The molecule has 6 nitrogen and oxygen atoms in total. The predicted molar refractivity (Wildman–Crippen MR) is 59.3 cm³/mol. The SMILES string of the molecule is CCC(C)CNC(=O)NC(COC)C(=O)O. The maximum Gasteiger partial charge on any atom is 0.328 e. The molecule has 2 atom stereocenters. The summed E-state index contributed by atoms with van der Waals surface area (Å²) >= 11 is 0. The van der Waals surface area contributed by atoms with Gasteiger partial charge in [-0.15, -0.1) is 0 Å². The first kappa shape index (κ1) is 14.7. The van der Waals surface area contributed by atoms with E-state index >= 15 is 0 Å². The fourth-order valence-electron chi connectivity index (χ4n) is 0.962. The molecule has 3 N–H and O–H groups in total. The number of carbonyl (C=O) groups excluding carboxylic acids is 1. The average molecular weight is 232 g/mol. The molecule has 6 heteroatoms. The molecule has 0 aromatic rings. The Morgan fingerprint density at radius 2 is 2.06 bits per heavy atom. The van der Waals surface area contributed by atoms with Gasteiger partial charge in [0.1, 0.15) is 0 Å². The van der Waals surface area contributed by atoms with Gasteiger partial charge in [0.05, 0.1) is 6.61 Å². The van der Waals surface area contributed by atoms with Gasteiger partial charge < -0.3 is 20.5 Å². The smallest absolute Gasteiger partial charge is 0.328 e. The van der Waals surface area contributed by atoms with E-state index in [0.717, 1.165) is 6.42 Å². The second-order valence-electron chi connectivity index (χ2n) is 3.71. The monoisotopic (exact) mass is 232 g/mol. The van der Waals surface area contributed by atoms with Crippen molar-refractivity contribution in [1.82, 2.24) is 10.6 Å². The molecular weight excluding hydrogens is 212 g/mol. The van der Waals surface area contributed by atoms with Gasteiger partial charge in [-0.2, -0.15) is 0 Å². The zero-order valence-corrected chi connectivity index (χ0v) is 9.95. The quantitative estimate of drug-likeness (QED) is 0.594. The first-order chi connectivity index (χ1) is 7.51. The topological polar surface area (TPSA) is 87.7 Å². The van der Waals surface area contributed by atoms with Gasteiger partial charge in [-0.25, -0.2) is 9.59 Å². The Balaban J connectivity index is 3.95. The Bertz CT molecular complexity index is 233. The van der Waals surface area contributed by atoms with Crippen LogP contribution in [-0.4, -0.2) is 43.4 Å². The van der Waals surface area contributed by atoms with E-state index in [2.05, 4.69) is 15.4 Å². The van der Waals surface area contributed by atoms with Crippen molar-refractivity contribution in [1.29, 1.82) is 0 Å². The lowest BCUT2D eigenvalue weighted by Gasteiger charge is -2.15. The third-order valence-corrected chi connectivity index (χ3v) is 2.24. The molecule has 0 aromatic carbocycles. The molecule has 0 aliphatic rings. The van der Waals surface area contributed by atoms with E-state index in [1.807, 2.05) is 13.8 Å². The highest BCUT2D eigenvalue weighted by atomic mass is 16.5. The number of nitrogens with one attached hydrogen (secondary N) is 2. The Morgan fingerprint density at radius 3 is 2.50 bits per heavy atom. The van der Waals surface area contributed by atoms with Crippen molar-refractivity contribution in [2.45, 2.75) is 26.3 Å². The normalized spacial score (nSPS) is 13.9. The number of carbonyl (C=O) groups is 2. The fraction of sp³-hybridized carbons (Fsp3) is 0.800. The summed E-state index contributed by atoms with van der Waals surface area (Å²) in [7, 11) is 1.38. The number of ether oxygens (including phenoxy) is 1. The number of carboxylic acid groups (broad SMARTS) is 1. The molecular formula is C10H20N2O4. The minimum Gasteiger partial charge on any atom is -0.480 e. The van der Waals surface area contributed by atoms with Crippen molar-refractivity contribution in [2.24, 2.45) is 5.92 Å². The third-order valence-electron chi connectivity index (χ3n) is 2.24. The van der Waals surface area contributed by atoms with Crippen LogP contribution in [0.5, 0.6) is 0 Å². The van der Waals surface area contributed by atoms with Gasteiger partial charge in [0.2, 0.25) is 0 Å². The van der Waals surface area contributed by atoms with Crippen LogP contribution in [0.25, 0.3) is 0 Å². The van der Waals surface area contributed by atoms with Crippen molar-refractivity contribution in [2.75, 3.05) is 20.3 Å². The number of hydrogen-bond donors (Lipinski definition) is 3. The molecule has 0 spiro atoms. The van der Waals surface area contributed by atoms with Crippen LogP contribution in [0.4, 0.5) is 4.79 Å². The van der Waals surface area contributed by atoms with Gasteiger partial charge in [-0.3, -0.25) is 0 Å². The molecule has 94 valence electrons. The second-order valence-corrected chi connectivity index (χ2v) is 3.71. The lowest BCUT2D eigenvalue weighted by atomic mass is 10.1. The van der Waals surface area contributed by atoms with E-state index in [-0.39, 0.29) is 6.61 Å². The van der Waals surface area contributed by atoms with E-state index in [1.165, 1.54) is 7.11 Å². The van der Waals surface area contributed by atoms with Gasteiger partial charge >= 0.3 is 12.0 Å². The molecule has 0 aliphatic heterocycles. The summed E-state index contributed by atoms with van der Waals surface area (Å²) in [6.45, 7) is 4.51. The lowest BCUT2D eigenvalue weighted by Crippen LogP contribution is -2.48. The van der Waals surface area contributed by atoms with Crippen LogP contribution < -0.4 is 10.6 Å². The lowest BCUT2D eigenvalue weighted by molar-refractivity contribution is -0.140. The van der Waals surface area contributed by atoms with Crippen LogP contribution in [0.3, 0.4) is 0 Å². The Kier molecular flexibility index (Phi) is 7.28. The number of urea groups is 1. The second kappa shape index (κ2) is 7.92. The highest BCUT2D eigenvalue weighted by Gasteiger charge is 2.19. The van der Waals surface area contributed by atoms with Crippen LogP contribution in [0.1, 0.15) is 20.3 Å². The van der Waals surface area contributed by atoms with E-state index in [0.29, 0.717) is 12.5 Å². The highest BCUT2D eigenvalue weighted by Crippen LogP contribution is 1.96. The Hall–Kier alpha value is -1.30. The van der Waals surface area contributed by atoms with Crippen molar-refractivity contribution < 1.29 is 19.4 Å². The third kappa shape index (κ3) is 6.23.